The number of nitrogens with zero attached hydrogens (tertiary/aromatic N) is 1. The van der Waals surface area contributed by atoms with Gasteiger partial charge in [-0.15, -0.1) is 6.58 Å². The molecular weight excluding hydrogens is 232 g/mol. The normalized spacial score (nSPS) is 29.0. The summed E-state index contributed by atoms with van der Waals surface area (Å²) in [6.45, 7) is 3.53. The molecule has 5 nitrogen and oxygen atoms in total. The molecule has 0 saturated heterocycles. The van der Waals surface area contributed by atoms with E-state index in [2.05, 4.69) is 11.9 Å². The molecule has 2 rings (SSSR count). The fraction of sp³-hybridized carbons (Fsp3) is 0.692. The summed E-state index contributed by atoms with van der Waals surface area (Å²) in [5, 5.41) is 11.7. The standard InChI is InChI=1S/C13H20N2O3/c1-2-5-15(8-12(16)17)13(18)14-11-7-9-3-4-10(11)6-9/h2,9-11H,1,3-8H2,(H,14,18)(H,16,17). The molecule has 0 aromatic carbocycles. The van der Waals surface area contributed by atoms with E-state index in [1.165, 1.54) is 24.2 Å². The number of hydrogen-bond acceptors (Lipinski definition) is 2. The molecule has 3 atom stereocenters. The van der Waals surface area contributed by atoms with Crippen molar-refractivity contribution in [3.8, 4) is 0 Å². The number of rotatable bonds is 5. The zero-order valence-corrected chi connectivity index (χ0v) is 10.5. The van der Waals surface area contributed by atoms with Crippen LogP contribution in [0.4, 0.5) is 4.79 Å². The Morgan fingerprint density at radius 1 is 1.39 bits per heavy atom. The Morgan fingerprint density at radius 2 is 2.17 bits per heavy atom. The average molecular weight is 252 g/mol. The van der Waals surface area contributed by atoms with Gasteiger partial charge in [0.25, 0.3) is 0 Å². The van der Waals surface area contributed by atoms with Crippen molar-refractivity contribution in [1.29, 1.82) is 0 Å². The van der Waals surface area contributed by atoms with Crippen LogP contribution >= 0.6 is 0 Å². The molecule has 2 N–H and O–H groups in total. The van der Waals surface area contributed by atoms with Crippen LogP contribution in [0.15, 0.2) is 12.7 Å². The largest absolute Gasteiger partial charge is 0.480 e. The van der Waals surface area contributed by atoms with Gasteiger partial charge in [0.05, 0.1) is 0 Å². The van der Waals surface area contributed by atoms with E-state index < -0.39 is 5.97 Å². The molecule has 0 heterocycles. The summed E-state index contributed by atoms with van der Waals surface area (Å²) in [4.78, 5) is 24.0. The summed E-state index contributed by atoms with van der Waals surface area (Å²) in [5.74, 6) is 0.349. The van der Waals surface area contributed by atoms with Crippen molar-refractivity contribution >= 4 is 12.0 Å². The predicted molar refractivity (Wildman–Crippen MR) is 67.2 cm³/mol. The number of hydrogen-bond donors (Lipinski definition) is 2. The van der Waals surface area contributed by atoms with Crippen LogP contribution in [0.2, 0.25) is 0 Å². The van der Waals surface area contributed by atoms with Crippen LogP contribution in [0.3, 0.4) is 0 Å². The maximum atomic E-state index is 12.0. The Balaban J connectivity index is 1.88. The second-order valence-corrected chi connectivity index (χ2v) is 5.29. The molecular formula is C13H20N2O3. The molecule has 2 saturated carbocycles. The van der Waals surface area contributed by atoms with Gasteiger partial charge in [0, 0.05) is 12.6 Å². The third-order valence-electron chi connectivity index (χ3n) is 4.01. The van der Waals surface area contributed by atoms with Gasteiger partial charge >= 0.3 is 12.0 Å². The second-order valence-electron chi connectivity index (χ2n) is 5.29. The number of carboxylic acid groups (broad SMARTS) is 1. The first-order chi connectivity index (χ1) is 8.60. The highest BCUT2D eigenvalue weighted by Gasteiger charge is 2.40. The number of amides is 2. The van der Waals surface area contributed by atoms with E-state index in [1.807, 2.05) is 0 Å². The molecule has 2 fully saturated rings. The number of urea groups is 1. The Morgan fingerprint density at radius 3 is 2.67 bits per heavy atom. The van der Waals surface area contributed by atoms with Crippen molar-refractivity contribution in [2.24, 2.45) is 11.8 Å². The van der Waals surface area contributed by atoms with Gasteiger partial charge in [-0.2, -0.15) is 0 Å². The summed E-state index contributed by atoms with van der Waals surface area (Å²) in [5.41, 5.74) is 0. The molecule has 18 heavy (non-hydrogen) atoms. The van der Waals surface area contributed by atoms with E-state index in [1.54, 1.807) is 6.08 Å². The smallest absolute Gasteiger partial charge is 0.323 e. The number of carbonyl (C=O) groups excluding carboxylic acids is 1. The minimum atomic E-state index is -1.00. The van der Waals surface area contributed by atoms with E-state index in [-0.39, 0.29) is 25.2 Å². The van der Waals surface area contributed by atoms with Crippen LogP contribution in [0.5, 0.6) is 0 Å². The van der Waals surface area contributed by atoms with E-state index >= 15 is 0 Å². The first-order valence-corrected chi connectivity index (χ1v) is 6.48. The highest BCUT2D eigenvalue weighted by atomic mass is 16.4. The Hall–Kier alpha value is -1.52. The van der Waals surface area contributed by atoms with Crippen molar-refractivity contribution in [3.63, 3.8) is 0 Å². The summed E-state index contributed by atoms with van der Waals surface area (Å²) < 4.78 is 0. The molecule has 3 unspecified atom stereocenters. The number of carboxylic acids is 1. The molecule has 2 aliphatic rings. The highest BCUT2D eigenvalue weighted by Crippen LogP contribution is 2.44. The van der Waals surface area contributed by atoms with E-state index in [9.17, 15) is 9.59 Å². The Labute approximate surface area is 107 Å². The zero-order valence-electron chi connectivity index (χ0n) is 10.5. The maximum Gasteiger partial charge on any atom is 0.323 e. The fourth-order valence-corrected chi connectivity index (χ4v) is 3.21. The minimum Gasteiger partial charge on any atom is -0.480 e. The van der Waals surface area contributed by atoms with Crippen LogP contribution in [0.25, 0.3) is 0 Å². The molecule has 0 aliphatic heterocycles. The molecule has 0 aromatic heterocycles. The average Bonchev–Trinajstić information content (AvgIpc) is 2.89. The number of carbonyl (C=O) groups is 2. The van der Waals surface area contributed by atoms with Crippen molar-refractivity contribution in [3.05, 3.63) is 12.7 Å². The lowest BCUT2D eigenvalue weighted by Gasteiger charge is -2.27. The summed E-state index contributed by atoms with van der Waals surface area (Å²) in [7, 11) is 0. The quantitative estimate of drug-likeness (QED) is 0.728. The lowest BCUT2D eigenvalue weighted by Crippen LogP contribution is -2.48. The van der Waals surface area contributed by atoms with Gasteiger partial charge in [0.1, 0.15) is 6.54 Å². The third-order valence-corrected chi connectivity index (χ3v) is 4.01. The van der Waals surface area contributed by atoms with Crippen LogP contribution in [-0.2, 0) is 4.79 Å². The van der Waals surface area contributed by atoms with Crippen LogP contribution < -0.4 is 5.32 Å². The zero-order chi connectivity index (χ0) is 13.1. The number of aliphatic carboxylic acids is 1. The molecule has 0 aromatic rings. The predicted octanol–water partition coefficient (Wildman–Crippen LogP) is 1.46. The minimum absolute atomic E-state index is 0.234. The number of nitrogens with one attached hydrogen (secondary N) is 1. The van der Waals surface area contributed by atoms with Crippen LogP contribution in [0, 0.1) is 11.8 Å². The Kier molecular flexibility index (Phi) is 3.89. The molecule has 0 spiro atoms. The fourth-order valence-electron chi connectivity index (χ4n) is 3.21. The van der Waals surface area contributed by atoms with Crippen molar-refractivity contribution in [2.75, 3.05) is 13.1 Å². The molecule has 2 bridgehead atoms. The van der Waals surface area contributed by atoms with E-state index in [0.29, 0.717) is 5.92 Å². The SMILES string of the molecule is C=CCN(CC(=O)O)C(=O)NC1CC2CCC1C2. The lowest BCUT2D eigenvalue weighted by molar-refractivity contribution is -0.137. The van der Waals surface area contributed by atoms with Gasteiger partial charge in [-0.3, -0.25) is 4.79 Å². The van der Waals surface area contributed by atoms with Crippen molar-refractivity contribution < 1.29 is 14.7 Å². The van der Waals surface area contributed by atoms with E-state index in [4.69, 9.17) is 5.11 Å². The van der Waals surface area contributed by atoms with Crippen LogP contribution in [-0.4, -0.2) is 41.1 Å². The monoisotopic (exact) mass is 252 g/mol. The first kappa shape index (κ1) is 12.9. The summed E-state index contributed by atoms with van der Waals surface area (Å²) >= 11 is 0. The van der Waals surface area contributed by atoms with E-state index in [0.717, 1.165) is 12.3 Å². The number of fused-ring (bicyclic) bond motifs is 2. The van der Waals surface area contributed by atoms with Crippen LogP contribution in [0.1, 0.15) is 25.7 Å². The molecule has 0 radical (unpaired) electrons. The summed E-state index contributed by atoms with van der Waals surface area (Å²) in [6.07, 6.45) is 6.28. The van der Waals surface area contributed by atoms with Gasteiger partial charge < -0.3 is 15.3 Å². The third kappa shape index (κ3) is 2.83. The molecule has 5 heteroatoms. The highest BCUT2D eigenvalue weighted by molar-refractivity contribution is 5.80. The van der Waals surface area contributed by atoms with Gasteiger partial charge in [-0.05, 0) is 31.1 Å². The Bertz CT molecular complexity index is 356. The maximum absolute atomic E-state index is 12.0. The lowest BCUT2D eigenvalue weighted by atomic mass is 9.95. The van der Waals surface area contributed by atoms with Gasteiger partial charge in [-0.1, -0.05) is 12.5 Å². The van der Waals surface area contributed by atoms with Gasteiger partial charge in [0.15, 0.2) is 0 Å². The first-order valence-electron chi connectivity index (χ1n) is 6.48. The second kappa shape index (κ2) is 5.42. The van der Waals surface area contributed by atoms with Gasteiger partial charge in [0.2, 0.25) is 0 Å². The van der Waals surface area contributed by atoms with Crippen molar-refractivity contribution in [1.82, 2.24) is 10.2 Å². The van der Waals surface area contributed by atoms with Gasteiger partial charge in [-0.25, -0.2) is 4.79 Å². The molecule has 100 valence electrons. The summed E-state index contributed by atoms with van der Waals surface area (Å²) in [6, 6.07) is -0.0489. The molecule has 2 aliphatic carbocycles. The van der Waals surface area contributed by atoms with Crippen molar-refractivity contribution in [2.45, 2.75) is 31.7 Å². The topological polar surface area (TPSA) is 69.6 Å². The molecule has 2 amide bonds.